The Morgan fingerprint density at radius 2 is 2.06 bits per heavy atom. The van der Waals surface area contributed by atoms with Crippen molar-refractivity contribution in [1.82, 2.24) is 4.31 Å². The molecule has 1 aromatic carbocycles. The third-order valence-electron chi connectivity index (χ3n) is 3.34. The van der Waals surface area contributed by atoms with Gasteiger partial charge in [-0.25, -0.2) is 8.42 Å². The second-order valence-corrected chi connectivity index (χ2v) is 6.77. The van der Waals surface area contributed by atoms with E-state index in [-0.39, 0.29) is 6.04 Å². The molecule has 1 unspecified atom stereocenters. The lowest BCUT2D eigenvalue weighted by atomic mass is 10.1. The largest absolute Gasteiger partial charge is 0.214 e. The Bertz CT molecular complexity index is 496. The van der Waals surface area contributed by atoms with Gasteiger partial charge in [-0.2, -0.15) is 4.31 Å². The quantitative estimate of drug-likeness (QED) is 0.812. The van der Waals surface area contributed by atoms with Crippen LogP contribution in [0.1, 0.15) is 36.9 Å². The van der Waals surface area contributed by atoms with Crippen LogP contribution >= 0.6 is 0 Å². The minimum Gasteiger partial charge on any atom is -0.212 e. The van der Waals surface area contributed by atoms with Crippen LogP contribution in [0, 0.1) is 6.92 Å². The first-order valence-corrected chi connectivity index (χ1v) is 7.68. The van der Waals surface area contributed by atoms with E-state index in [1.807, 2.05) is 32.0 Å². The number of benzene rings is 1. The zero-order chi connectivity index (χ0) is 12.5. The minimum absolute atomic E-state index is 0.0554. The molecule has 2 rings (SSSR count). The van der Waals surface area contributed by atoms with E-state index in [1.165, 1.54) is 5.56 Å². The molecule has 0 radical (unpaired) electrons. The molecule has 94 valence electrons. The fraction of sp³-hybridized carbons (Fsp3) is 0.538. The minimum atomic E-state index is -3.05. The fourth-order valence-electron chi connectivity index (χ4n) is 2.34. The van der Waals surface area contributed by atoms with Crippen LogP contribution in [-0.4, -0.2) is 25.0 Å². The predicted octanol–water partition coefficient (Wildman–Crippen LogP) is 2.48. The van der Waals surface area contributed by atoms with Gasteiger partial charge >= 0.3 is 0 Å². The van der Waals surface area contributed by atoms with Crippen LogP contribution < -0.4 is 0 Å². The zero-order valence-electron chi connectivity index (χ0n) is 10.4. The normalized spacial score (nSPS) is 22.2. The maximum atomic E-state index is 12.0. The Labute approximate surface area is 104 Å². The number of hydrogen-bond donors (Lipinski definition) is 0. The third kappa shape index (κ3) is 2.69. The van der Waals surface area contributed by atoms with E-state index < -0.39 is 10.0 Å². The maximum Gasteiger partial charge on any atom is 0.214 e. The van der Waals surface area contributed by atoms with Gasteiger partial charge in [0.15, 0.2) is 0 Å². The van der Waals surface area contributed by atoms with E-state index in [2.05, 4.69) is 6.07 Å². The van der Waals surface area contributed by atoms with Crippen LogP contribution in [0.15, 0.2) is 24.3 Å². The highest BCUT2D eigenvalue weighted by atomic mass is 32.2. The number of hydrogen-bond acceptors (Lipinski definition) is 2. The molecule has 0 aliphatic carbocycles. The summed E-state index contributed by atoms with van der Waals surface area (Å²) in [6.07, 6.45) is 1.76. The van der Waals surface area contributed by atoms with Gasteiger partial charge in [0.25, 0.3) is 0 Å². The number of nitrogens with zero attached hydrogens (tertiary/aromatic N) is 1. The molecule has 1 fully saturated rings. The van der Waals surface area contributed by atoms with E-state index in [0.29, 0.717) is 12.3 Å². The average Bonchev–Trinajstić information content (AvgIpc) is 2.27. The van der Waals surface area contributed by atoms with Crippen molar-refractivity contribution < 1.29 is 8.42 Å². The Balaban J connectivity index is 2.28. The lowest BCUT2D eigenvalue weighted by molar-refractivity contribution is 0.322. The SMILES string of the molecule is Cc1cccc(C(C)N2CCCCS2(=O)=O)c1. The summed E-state index contributed by atoms with van der Waals surface area (Å²) in [5, 5.41) is 0. The topological polar surface area (TPSA) is 37.4 Å². The van der Waals surface area contributed by atoms with E-state index in [1.54, 1.807) is 4.31 Å². The first-order valence-electron chi connectivity index (χ1n) is 6.07. The van der Waals surface area contributed by atoms with Crippen LogP contribution in [0.3, 0.4) is 0 Å². The molecule has 0 spiro atoms. The molecule has 3 nitrogen and oxygen atoms in total. The summed E-state index contributed by atoms with van der Waals surface area (Å²) in [4.78, 5) is 0. The second kappa shape index (κ2) is 4.78. The molecule has 1 saturated heterocycles. The Morgan fingerprint density at radius 3 is 2.71 bits per heavy atom. The summed E-state index contributed by atoms with van der Waals surface area (Å²) < 4.78 is 25.7. The molecule has 4 heteroatoms. The van der Waals surface area contributed by atoms with Crippen LogP contribution in [0.5, 0.6) is 0 Å². The molecule has 0 amide bonds. The molecule has 1 aliphatic rings. The Hall–Kier alpha value is -0.870. The summed E-state index contributed by atoms with van der Waals surface area (Å²) in [6, 6.07) is 8.02. The van der Waals surface area contributed by atoms with Crippen LogP contribution in [0.2, 0.25) is 0 Å². The van der Waals surface area contributed by atoms with E-state index in [4.69, 9.17) is 0 Å². The zero-order valence-corrected chi connectivity index (χ0v) is 11.2. The molecule has 1 aliphatic heterocycles. The van der Waals surface area contributed by atoms with Crippen molar-refractivity contribution in [3.63, 3.8) is 0 Å². The second-order valence-electron chi connectivity index (χ2n) is 4.72. The average molecular weight is 253 g/mol. The molecular formula is C13H19NO2S. The van der Waals surface area contributed by atoms with Gasteiger partial charge in [-0.3, -0.25) is 0 Å². The molecule has 0 saturated carbocycles. The van der Waals surface area contributed by atoms with Crippen LogP contribution in [0.4, 0.5) is 0 Å². The van der Waals surface area contributed by atoms with Gasteiger partial charge in [-0.1, -0.05) is 29.8 Å². The summed E-state index contributed by atoms with van der Waals surface area (Å²) in [5.41, 5.74) is 2.25. The van der Waals surface area contributed by atoms with Gasteiger partial charge in [-0.15, -0.1) is 0 Å². The standard InChI is InChI=1S/C13H19NO2S/c1-11-6-5-7-13(10-11)12(2)14-8-3-4-9-17(14,15)16/h5-7,10,12H,3-4,8-9H2,1-2H3. The predicted molar refractivity (Wildman–Crippen MR) is 69.3 cm³/mol. The molecule has 0 aromatic heterocycles. The molecular weight excluding hydrogens is 234 g/mol. The van der Waals surface area contributed by atoms with Gasteiger partial charge in [0.05, 0.1) is 5.75 Å². The van der Waals surface area contributed by atoms with E-state index in [0.717, 1.165) is 18.4 Å². The van der Waals surface area contributed by atoms with Crippen molar-refractivity contribution in [1.29, 1.82) is 0 Å². The van der Waals surface area contributed by atoms with E-state index >= 15 is 0 Å². The molecule has 1 heterocycles. The number of rotatable bonds is 2. The Kier molecular flexibility index (Phi) is 3.54. The molecule has 1 aromatic rings. The van der Waals surface area contributed by atoms with E-state index in [9.17, 15) is 8.42 Å². The number of sulfonamides is 1. The first kappa shape index (κ1) is 12.6. The van der Waals surface area contributed by atoms with Gasteiger partial charge in [-0.05, 0) is 32.3 Å². The first-order chi connectivity index (χ1) is 8.00. The smallest absolute Gasteiger partial charge is 0.212 e. The Morgan fingerprint density at radius 1 is 1.29 bits per heavy atom. The summed E-state index contributed by atoms with van der Waals surface area (Å²) in [5.74, 6) is 0.295. The highest BCUT2D eigenvalue weighted by molar-refractivity contribution is 7.89. The van der Waals surface area contributed by atoms with Gasteiger partial charge in [0.2, 0.25) is 10.0 Å². The van der Waals surface area contributed by atoms with Crippen molar-refractivity contribution >= 4 is 10.0 Å². The summed E-state index contributed by atoms with van der Waals surface area (Å²) >= 11 is 0. The maximum absolute atomic E-state index is 12.0. The fourth-order valence-corrected chi connectivity index (χ4v) is 4.15. The van der Waals surface area contributed by atoms with Crippen LogP contribution in [0.25, 0.3) is 0 Å². The van der Waals surface area contributed by atoms with Crippen LogP contribution in [-0.2, 0) is 10.0 Å². The molecule has 1 atom stereocenters. The highest BCUT2D eigenvalue weighted by Gasteiger charge is 2.30. The third-order valence-corrected chi connectivity index (χ3v) is 5.36. The van der Waals surface area contributed by atoms with Crippen molar-refractivity contribution in [2.45, 2.75) is 32.7 Å². The van der Waals surface area contributed by atoms with Crippen molar-refractivity contribution in [2.75, 3.05) is 12.3 Å². The van der Waals surface area contributed by atoms with Gasteiger partial charge < -0.3 is 0 Å². The summed E-state index contributed by atoms with van der Waals surface area (Å²) in [6.45, 7) is 4.65. The molecule has 0 bridgehead atoms. The van der Waals surface area contributed by atoms with Gasteiger partial charge in [0.1, 0.15) is 0 Å². The monoisotopic (exact) mass is 253 g/mol. The highest BCUT2D eigenvalue weighted by Crippen LogP contribution is 2.27. The molecule has 17 heavy (non-hydrogen) atoms. The molecule has 0 N–H and O–H groups in total. The van der Waals surface area contributed by atoms with Crippen molar-refractivity contribution in [3.05, 3.63) is 35.4 Å². The van der Waals surface area contributed by atoms with Gasteiger partial charge in [0, 0.05) is 12.6 Å². The van der Waals surface area contributed by atoms with Crippen molar-refractivity contribution in [2.24, 2.45) is 0 Å². The van der Waals surface area contributed by atoms with Crippen molar-refractivity contribution in [3.8, 4) is 0 Å². The lowest BCUT2D eigenvalue weighted by Crippen LogP contribution is -2.39. The lowest BCUT2D eigenvalue weighted by Gasteiger charge is -2.32. The number of aryl methyl sites for hydroxylation is 1. The summed E-state index contributed by atoms with van der Waals surface area (Å²) in [7, 11) is -3.05.